The minimum absolute atomic E-state index is 0.550. The predicted octanol–water partition coefficient (Wildman–Crippen LogP) is 3.69. The summed E-state index contributed by atoms with van der Waals surface area (Å²) in [5, 5.41) is 0. The van der Waals surface area contributed by atoms with Crippen molar-refractivity contribution >= 4 is 17.3 Å². The Labute approximate surface area is 104 Å². The first-order chi connectivity index (χ1) is 7.72. The second-order valence-corrected chi connectivity index (χ2v) is 4.46. The molecule has 0 bridgehead atoms. The van der Waals surface area contributed by atoms with E-state index in [9.17, 15) is 0 Å². The minimum atomic E-state index is 0.550. The monoisotopic (exact) mass is 240 g/mol. The van der Waals surface area contributed by atoms with Crippen LogP contribution in [0.5, 0.6) is 0 Å². The average Bonchev–Trinajstić information content (AvgIpc) is 2.35. The fourth-order valence-corrected chi connectivity index (χ4v) is 1.94. The largest absolute Gasteiger partial charge is 0.370 e. The fraction of sp³-hybridized carbons (Fsp3) is 0.615. The molecule has 0 saturated carbocycles. The molecule has 0 aliphatic rings. The van der Waals surface area contributed by atoms with Gasteiger partial charge in [-0.05, 0) is 24.5 Å². The van der Waals surface area contributed by atoms with Crippen molar-refractivity contribution in [1.82, 2.24) is 4.98 Å². The lowest BCUT2D eigenvalue weighted by Gasteiger charge is -2.27. The third-order valence-corrected chi connectivity index (χ3v) is 3.27. The molecular formula is C13H21ClN2. The highest BCUT2D eigenvalue weighted by Crippen LogP contribution is 2.22. The number of hydrogen-bond donors (Lipinski definition) is 0. The minimum Gasteiger partial charge on any atom is -0.370 e. The van der Waals surface area contributed by atoms with Gasteiger partial charge in [0.25, 0.3) is 0 Å². The Kier molecular flexibility index (Phi) is 5.61. The maximum absolute atomic E-state index is 5.95. The summed E-state index contributed by atoms with van der Waals surface area (Å²) in [7, 11) is 0. The number of rotatable bonds is 6. The van der Waals surface area contributed by atoms with Crippen LogP contribution in [0.15, 0.2) is 18.5 Å². The van der Waals surface area contributed by atoms with Crippen LogP contribution in [0.2, 0.25) is 0 Å². The molecule has 0 amide bonds. The molecule has 0 aliphatic heterocycles. The van der Waals surface area contributed by atoms with Gasteiger partial charge in [0.1, 0.15) is 0 Å². The molecule has 2 nitrogen and oxygen atoms in total. The summed E-state index contributed by atoms with van der Waals surface area (Å²) < 4.78 is 0. The van der Waals surface area contributed by atoms with Crippen molar-refractivity contribution in [2.75, 3.05) is 18.0 Å². The molecule has 1 aromatic heterocycles. The van der Waals surface area contributed by atoms with Gasteiger partial charge in [-0.15, -0.1) is 11.6 Å². The van der Waals surface area contributed by atoms with Crippen LogP contribution in [0.4, 0.5) is 5.69 Å². The van der Waals surface area contributed by atoms with Gasteiger partial charge in [-0.1, -0.05) is 20.3 Å². The topological polar surface area (TPSA) is 16.1 Å². The van der Waals surface area contributed by atoms with E-state index in [1.807, 2.05) is 12.3 Å². The van der Waals surface area contributed by atoms with Gasteiger partial charge in [-0.25, -0.2) is 0 Å². The van der Waals surface area contributed by atoms with Crippen LogP contribution >= 0.6 is 11.6 Å². The number of anilines is 1. The van der Waals surface area contributed by atoms with Crippen molar-refractivity contribution in [2.24, 2.45) is 5.92 Å². The summed E-state index contributed by atoms with van der Waals surface area (Å²) in [5.74, 6) is 1.25. The molecule has 0 saturated heterocycles. The summed E-state index contributed by atoms with van der Waals surface area (Å²) >= 11 is 5.95. The smallest absolute Gasteiger partial charge is 0.0597 e. The van der Waals surface area contributed by atoms with E-state index in [0.717, 1.165) is 13.1 Å². The lowest BCUT2D eigenvalue weighted by Crippen LogP contribution is -2.28. The lowest BCUT2D eigenvalue weighted by molar-refractivity contribution is 0.547. The number of halogens is 1. The van der Waals surface area contributed by atoms with E-state index < -0.39 is 0 Å². The maximum atomic E-state index is 5.95. The Hall–Kier alpha value is -0.760. The van der Waals surface area contributed by atoms with E-state index >= 15 is 0 Å². The zero-order valence-electron chi connectivity index (χ0n) is 10.4. The highest BCUT2D eigenvalue weighted by atomic mass is 35.5. The number of nitrogens with zero attached hydrogens (tertiary/aromatic N) is 2. The lowest BCUT2D eigenvalue weighted by atomic mass is 10.1. The molecule has 0 aliphatic carbocycles. The molecule has 0 radical (unpaired) electrons. The van der Waals surface area contributed by atoms with Crippen molar-refractivity contribution in [1.29, 1.82) is 0 Å². The van der Waals surface area contributed by atoms with E-state index in [1.54, 1.807) is 6.20 Å². The van der Waals surface area contributed by atoms with Crippen molar-refractivity contribution in [3.05, 3.63) is 24.0 Å². The zero-order chi connectivity index (χ0) is 12.0. The second-order valence-electron chi connectivity index (χ2n) is 4.19. The van der Waals surface area contributed by atoms with Gasteiger partial charge in [-0.2, -0.15) is 0 Å². The molecule has 0 fully saturated rings. The highest BCUT2D eigenvalue weighted by Gasteiger charge is 2.11. The number of alkyl halides is 1. The van der Waals surface area contributed by atoms with Gasteiger partial charge in [0.05, 0.1) is 11.9 Å². The second kappa shape index (κ2) is 6.74. The Morgan fingerprint density at radius 2 is 2.19 bits per heavy atom. The van der Waals surface area contributed by atoms with Crippen molar-refractivity contribution in [3.8, 4) is 0 Å². The molecule has 90 valence electrons. The van der Waals surface area contributed by atoms with Crippen LogP contribution in [0.1, 0.15) is 32.8 Å². The Bertz CT molecular complexity index is 315. The molecule has 3 heteroatoms. The summed E-state index contributed by atoms with van der Waals surface area (Å²) in [6.07, 6.45) is 4.93. The van der Waals surface area contributed by atoms with Gasteiger partial charge in [0.2, 0.25) is 0 Å². The van der Waals surface area contributed by atoms with Crippen LogP contribution in [0.3, 0.4) is 0 Å². The standard InChI is InChI=1S/C13H21ClN2/c1-4-11(3)10-16(5-2)13-9-15-7-6-12(13)8-14/h6-7,9,11H,4-5,8,10H2,1-3H3. The summed E-state index contributed by atoms with van der Waals surface area (Å²) in [5.41, 5.74) is 2.35. The van der Waals surface area contributed by atoms with Crippen molar-refractivity contribution in [2.45, 2.75) is 33.1 Å². The van der Waals surface area contributed by atoms with E-state index in [0.29, 0.717) is 11.8 Å². The molecule has 0 spiro atoms. The van der Waals surface area contributed by atoms with E-state index in [1.165, 1.54) is 17.7 Å². The van der Waals surface area contributed by atoms with Gasteiger partial charge < -0.3 is 4.90 Å². The maximum Gasteiger partial charge on any atom is 0.0597 e. The number of pyridine rings is 1. The van der Waals surface area contributed by atoms with Gasteiger partial charge in [0.15, 0.2) is 0 Å². The highest BCUT2D eigenvalue weighted by molar-refractivity contribution is 6.17. The average molecular weight is 241 g/mol. The van der Waals surface area contributed by atoms with Crippen LogP contribution in [-0.2, 0) is 5.88 Å². The molecule has 1 aromatic rings. The number of hydrogen-bond acceptors (Lipinski definition) is 2. The van der Waals surface area contributed by atoms with E-state index in [2.05, 4.69) is 30.7 Å². The first-order valence-corrected chi connectivity index (χ1v) is 6.50. The Balaban J connectivity index is 2.85. The molecule has 16 heavy (non-hydrogen) atoms. The summed E-state index contributed by atoms with van der Waals surface area (Å²) in [6, 6.07) is 2.00. The fourth-order valence-electron chi connectivity index (χ4n) is 1.72. The summed E-state index contributed by atoms with van der Waals surface area (Å²) in [6.45, 7) is 8.75. The van der Waals surface area contributed by atoms with Crippen LogP contribution in [-0.4, -0.2) is 18.1 Å². The SMILES string of the molecule is CCC(C)CN(CC)c1cnccc1CCl. The third kappa shape index (κ3) is 3.38. The predicted molar refractivity (Wildman–Crippen MR) is 71.1 cm³/mol. The van der Waals surface area contributed by atoms with E-state index in [4.69, 9.17) is 11.6 Å². The normalized spacial score (nSPS) is 12.5. The van der Waals surface area contributed by atoms with Gasteiger partial charge >= 0.3 is 0 Å². The zero-order valence-corrected chi connectivity index (χ0v) is 11.2. The van der Waals surface area contributed by atoms with Gasteiger partial charge in [-0.3, -0.25) is 4.98 Å². The quantitative estimate of drug-likeness (QED) is 0.705. The van der Waals surface area contributed by atoms with Crippen LogP contribution in [0.25, 0.3) is 0 Å². The molecular weight excluding hydrogens is 220 g/mol. The Morgan fingerprint density at radius 1 is 1.44 bits per heavy atom. The molecule has 1 rings (SSSR count). The first-order valence-electron chi connectivity index (χ1n) is 5.96. The van der Waals surface area contributed by atoms with Crippen molar-refractivity contribution < 1.29 is 0 Å². The van der Waals surface area contributed by atoms with Gasteiger partial charge in [0, 0.05) is 25.2 Å². The molecule has 0 N–H and O–H groups in total. The Morgan fingerprint density at radius 3 is 2.75 bits per heavy atom. The number of aromatic nitrogens is 1. The molecule has 1 unspecified atom stereocenters. The molecule has 1 heterocycles. The van der Waals surface area contributed by atoms with Crippen LogP contribution < -0.4 is 4.90 Å². The summed E-state index contributed by atoms with van der Waals surface area (Å²) in [4.78, 5) is 6.55. The molecule has 0 aromatic carbocycles. The van der Waals surface area contributed by atoms with Crippen LogP contribution in [0, 0.1) is 5.92 Å². The molecule has 1 atom stereocenters. The van der Waals surface area contributed by atoms with E-state index in [-0.39, 0.29) is 0 Å². The van der Waals surface area contributed by atoms with Crippen molar-refractivity contribution in [3.63, 3.8) is 0 Å². The third-order valence-electron chi connectivity index (χ3n) is 2.98. The first kappa shape index (κ1) is 13.3.